The Morgan fingerprint density at radius 3 is 2.17 bits per heavy atom. The van der Waals surface area contributed by atoms with Crippen LogP contribution in [-0.4, -0.2) is 86.5 Å². The number of hydrogen-bond acceptors (Lipinski definition) is 5. The summed E-state index contributed by atoms with van der Waals surface area (Å²) in [7, 11) is 3.27. The summed E-state index contributed by atoms with van der Waals surface area (Å²) >= 11 is 0. The second-order valence-electron chi connectivity index (χ2n) is 9.81. The lowest BCUT2D eigenvalue weighted by Crippen LogP contribution is -2.50. The van der Waals surface area contributed by atoms with Crippen molar-refractivity contribution in [3.8, 4) is 11.5 Å². The molecule has 7 nitrogen and oxygen atoms in total. The molecule has 0 spiro atoms. The van der Waals surface area contributed by atoms with Gasteiger partial charge in [-0.15, -0.1) is 0 Å². The van der Waals surface area contributed by atoms with Crippen LogP contribution >= 0.6 is 0 Å². The molecule has 1 aliphatic heterocycles. The SMILES string of the molecule is CCc1ccc(C(=O)N2CCN(CCN(C/C=C/c3ccccc3OC)C(=O)c3ccc(OC)cc3)CC2)cc1. The van der Waals surface area contributed by atoms with E-state index >= 15 is 0 Å². The molecule has 0 N–H and O–H groups in total. The molecule has 0 aliphatic carbocycles. The van der Waals surface area contributed by atoms with Crippen molar-refractivity contribution in [3.63, 3.8) is 0 Å². The number of aryl methyl sites for hydroxylation is 1. The highest BCUT2D eigenvalue weighted by Gasteiger charge is 2.23. The average Bonchev–Trinajstić information content (AvgIpc) is 3.02. The molecule has 0 radical (unpaired) electrons. The van der Waals surface area contributed by atoms with Gasteiger partial charge < -0.3 is 19.3 Å². The van der Waals surface area contributed by atoms with Crippen LogP contribution in [0.1, 0.15) is 38.8 Å². The summed E-state index contributed by atoms with van der Waals surface area (Å²) in [6.07, 6.45) is 4.95. The van der Waals surface area contributed by atoms with Crippen LogP contribution in [-0.2, 0) is 6.42 Å². The molecule has 3 aromatic rings. The van der Waals surface area contributed by atoms with Gasteiger partial charge in [-0.2, -0.15) is 0 Å². The van der Waals surface area contributed by atoms with Gasteiger partial charge in [0.05, 0.1) is 14.2 Å². The zero-order valence-electron chi connectivity index (χ0n) is 23.7. The van der Waals surface area contributed by atoms with Crippen LogP contribution in [0.4, 0.5) is 0 Å². The Balaban J connectivity index is 1.37. The quantitative estimate of drug-likeness (QED) is 0.346. The fourth-order valence-corrected chi connectivity index (χ4v) is 4.81. The maximum atomic E-state index is 13.5. The van der Waals surface area contributed by atoms with Crippen LogP contribution in [0, 0.1) is 0 Å². The first-order chi connectivity index (χ1) is 19.5. The Kier molecular flexibility index (Phi) is 10.4. The third-order valence-corrected chi connectivity index (χ3v) is 7.34. The molecule has 0 saturated carbocycles. The van der Waals surface area contributed by atoms with Crippen molar-refractivity contribution >= 4 is 17.9 Å². The minimum Gasteiger partial charge on any atom is -0.497 e. The third kappa shape index (κ3) is 7.51. The molecular formula is C33H39N3O4. The van der Waals surface area contributed by atoms with E-state index in [9.17, 15) is 9.59 Å². The van der Waals surface area contributed by atoms with Crippen LogP contribution in [0.25, 0.3) is 6.08 Å². The number of carbonyl (C=O) groups is 2. The number of piperazine rings is 1. The number of nitrogens with zero attached hydrogens (tertiary/aromatic N) is 3. The van der Waals surface area contributed by atoms with Gasteiger partial charge in [0, 0.05) is 62.5 Å². The largest absolute Gasteiger partial charge is 0.497 e. The minimum absolute atomic E-state index is 0.0309. The highest BCUT2D eigenvalue weighted by Crippen LogP contribution is 2.19. The van der Waals surface area contributed by atoms with E-state index in [1.807, 2.05) is 82.6 Å². The lowest BCUT2D eigenvalue weighted by molar-refractivity contribution is 0.0609. The second-order valence-corrected chi connectivity index (χ2v) is 9.81. The van der Waals surface area contributed by atoms with Crippen LogP contribution in [0.5, 0.6) is 11.5 Å². The molecule has 40 heavy (non-hydrogen) atoms. The molecule has 0 atom stereocenters. The minimum atomic E-state index is -0.0309. The monoisotopic (exact) mass is 541 g/mol. The van der Waals surface area contributed by atoms with Gasteiger partial charge in [0.25, 0.3) is 11.8 Å². The first-order valence-electron chi connectivity index (χ1n) is 13.9. The number of methoxy groups -OCH3 is 2. The highest BCUT2D eigenvalue weighted by atomic mass is 16.5. The van der Waals surface area contributed by atoms with E-state index < -0.39 is 0 Å². The molecule has 1 fully saturated rings. The Bertz CT molecular complexity index is 1280. The smallest absolute Gasteiger partial charge is 0.254 e. The number of para-hydroxylation sites is 1. The summed E-state index contributed by atoms with van der Waals surface area (Å²) in [4.78, 5) is 32.6. The lowest BCUT2D eigenvalue weighted by atomic mass is 10.1. The molecule has 0 aromatic heterocycles. The fourth-order valence-electron chi connectivity index (χ4n) is 4.81. The lowest BCUT2D eigenvalue weighted by Gasteiger charge is -2.36. The number of rotatable bonds is 11. The summed E-state index contributed by atoms with van der Waals surface area (Å²) < 4.78 is 10.7. The maximum absolute atomic E-state index is 13.5. The summed E-state index contributed by atoms with van der Waals surface area (Å²) in [5.74, 6) is 1.56. The average molecular weight is 542 g/mol. The molecule has 1 aliphatic rings. The molecule has 1 saturated heterocycles. The molecule has 7 heteroatoms. The number of benzene rings is 3. The normalized spacial score (nSPS) is 13.8. The van der Waals surface area contributed by atoms with Gasteiger partial charge in [-0.05, 0) is 54.4 Å². The Hall–Kier alpha value is -4.10. The van der Waals surface area contributed by atoms with E-state index in [0.29, 0.717) is 37.5 Å². The van der Waals surface area contributed by atoms with E-state index in [2.05, 4.69) is 11.8 Å². The molecule has 0 bridgehead atoms. The van der Waals surface area contributed by atoms with Crippen LogP contribution in [0.2, 0.25) is 0 Å². The van der Waals surface area contributed by atoms with E-state index in [1.54, 1.807) is 26.4 Å². The predicted molar refractivity (Wildman–Crippen MR) is 159 cm³/mol. The number of ether oxygens (including phenoxy) is 2. The van der Waals surface area contributed by atoms with Crippen molar-refractivity contribution in [2.45, 2.75) is 13.3 Å². The van der Waals surface area contributed by atoms with Crippen molar-refractivity contribution in [3.05, 3.63) is 101 Å². The van der Waals surface area contributed by atoms with E-state index in [4.69, 9.17) is 9.47 Å². The number of amides is 2. The fraction of sp³-hybridized carbons (Fsp3) is 0.333. The maximum Gasteiger partial charge on any atom is 0.254 e. The molecule has 2 amide bonds. The number of carbonyl (C=O) groups excluding carboxylic acids is 2. The van der Waals surface area contributed by atoms with Crippen LogP contribution in [0.3, 0.4) is 0 Å². The van der Waals surface area contributed by atoms with Crippen molar-refractivity contribution in [2.24, 2.45) is 0 Å². The van der Waals surface area contributed by atoms with E-state index in [-0.39, 0.29) is 11.8 Å². The molecule has 210 valence electrons. The summed E-state index contributed by atoms with van der Waals surface area (Å²) in [6, 6.07) is 22.9. The number of hydrogen-bond donors (Lipinski definition) is 0. The Morgan fingerprint density at radius 2 is 1.52 bits per heavy atom. The van der Waals surface area contributed by atoms with Gasteiger partial charge in [0.1, 0.15) is 11.5 Å². The van der Waals surface area contributed by atoms with E-state index in [1.165, 1.54) is 5.56 Å². The van der Waals surface area contributed by atoms with Gasteiger partial charge in [0.2, 0.25) is 0 Å². The van der Waals surface area contributed by atoms with E-state index in [0.717, 1.165) is 42.9 Å². The molecule has 3 aromatic carbocycles. The van der Waals surface area contributed by atoms with Crippen molar-refractivity contribution in [1.29, 1.82) is 0 Å². The highest BCUT2D eigenvalue weighted by molar-refractivity contribution is 5.95. The first kappa shape index (κ1) is 28.9. The van der Waals surface area contributed by atoms with Crippen molar-refractivity contribution in [2.75, 3.05) is 60.0 Å². The molecular weight excluding hydrogens is 502 g/mol. The zero-order chi connectivity index (χ0) is 28.3. The van der Waals surface area contributed by atoms with Crippen LogP contribution in [0.15, 0.2) is 78.9 Å². The topological polar surface area (TPSA) is 62.3 Å². The van der Waals surface area contributed by atoms with Crippen LogP contribution < -0.4 is 9.47 Å². The van der Waals surface area contributed by atoms with Crippen molar-refractivity contribution < 1.29 is 19.1 Å². The zero-order valence-corrected chi connectivity index (χ0v) is 23.7. The Labute approximate surface area is 237 Å². The summed E-state index contributed by atoms with van der Waals surface area (Å²) in [6.45, 7) is 6.79. The molecule has 4 rings (SSSR count). The summed E-state index contributed by atoms with van der Waals surface area (Å²) in [5.41, 5.74) is 3.56. The second kappa shape index (κ2) is 14.3. The van der Waals surface area contributed by atoms with Crippen molar-refractivity contribution in [1.82, 2.24) is 14.7 Å². The van der Waals surface area contributed by atoms with Gasteiger partial charge in [-0.3, -0.25) is 14.5 Å². The molecule has 1 heterocycles. The van der Waals surface area contributed by atoms with Gasteiger partial charge in [-0.25, -0.2) is 0 Å². The Morgan fingerprint density at radius 1 is 0.850 bits per heavy atom. The standard InChI is InChI=1S/C33H39N3O4/c1-4-26-11-13-28(14-12-26)33(38)36-24-21-34(22-25-36)20-23-35(32(37)29-15-17-30(39-2)18-16-29)19-7-9-27-8-5-6-10-31(27)40-3/h5-18H,4,19-25H2,1-3H3/b9-7+. The van der Waals surface area contributed by atoms with Gasteiger partial charge in [0.15, 0.2) is 0 Å². The third-order valence-electron chi connectivity index (χ3n) is 7.34. The predicted octanol–water partition coefficient (Wildman–Crippen LogP) is 4.88. The first-order valence-corrected chi connectivity index (χ1v) is 13.9. The van der Waals surface area contributed by atoms with Gasteiger partial charge in [-0.1, -0.05) is 49.4 Å². The van der Waals surface area contributed by atoms with Gasteiger partial charge >= 0.3 is 0 Å². The summed E-state index contributed by atoms with van der Waals surface area (Å²) in [5, 5.41) is 0. The molecule has 0 unspecified atom stereocenters.